The van der Waals surface area contributed by atoms with Gasteiger partial charge in [-0.2, -0.15) is 0 Å². The van der Waals surface area contributed by atoms with Gasteiger partial charge in [-0.3, -0.25) is 19.5 Å². The van der Waals surface area contributed by atoms with Crippen LogP contribution in [-0.4, -0.2) is 40.4 Å². The lowest BCUT2D eigenvalue weighted by Crippen LogP contribution is -2.28. The highest BCUT2D eigenvalue weighted by atomic mass is 35.5. The molecule has 0 aliphatic carbocycles. The summed E-state index contributed by atoms with van der Waals surface area (Å²) in [7, 11) is -6.87. The molecule has 2 unspecified atom stereocenters. The highest BCUT2D eigenvalue weighted by Gasteiger charge is 2.31. The van der Waals surface area contributed by atoms with Crippen LogP contribution in [0.2, 0.25) is 10.0 Å². The molecule has 8 aromatic rings. The number of para-hydroxylation sites is 1. The van der Waals surface area contributed by atoms with Gasteiger partial charge in [-0.25, -0.2) is 22.6 Å². The van der Waals surface area contributed by atoms with E-state index in [1.165, 1.54) is 58.7 Å². The van der Waals surface area contributed by atoms with Crippen LogP contribution in [0.3, 0.4) is 0 Å². The third-order valence-electron chi connectivity index (χ3n) is 17.8. The number of hydrogen-bond donors (Lipinski definition) is 3. The van der Waals surface area contributed by atoms with E-state index in [1.807, 2.05) is 147 Å². The highest BCUT2D eigenvalue weighted by Crippen LogP contribution is 2.42. The lowest BCUT2D eigenvalue weighted by Gasteiger charge is -2.24. The zero-order chi connectivity index (χ0) is 89.4. The van der Waals surface area contributed by atoms with Gasteiger partial charge in [-0.05, 0) is 156 Å². The van der Waals surface area contributed by atoms with Gasteiger partial charge in [0.1, 0.15) is 34.7 Å². The molecule has 20 heteroatoms. The van der Waals surface area contributed by atoms with Crippen molar-refractivity contribution in [3.05, 3.63) is 274 Å². The molecule has 2 atom stereocenters. The van der Waals surface area contributed by atoms with Crippen molar-refractivity contribution in [3.8, 4) is 17.2 Å². The Morgan fingerprint density at radius 2 is 0.904 bits per heavy atom. The van der Waals surface area contributed by atoms with Crippen molar-refractivity contribution in [1.29, 1.82) is 0 Å². The number of nitrogens with zero attached hydrogens (tertiary/aromatic N) is 2. The number of aryl methyl sites for hydroxylation is 1. The Hall–Kier alpha value is -7.57. The van der Waals surface area contributed by atoms with E-state index in [2.05, 4.69) is 156 Å². The zero-order valence-electron chi connectivity index (χ0n) is 74.7. The maximum atomic E-state index is 14.0. The van der Waals surface area contributed by atoms with Crippen molar-refractivity contribution in [1.82, 2.24) is 0 Å². The number of ether oxygens (including phenoxy) is 2. The van der Waals surface area contributed by atoms with E-state index < -0.39 is 31.1 Å². The Bertz CT molecular complexity index is 4600. The largest absolute Gasteiger partial charge is 0.483 e. The van der Waals surface area contributed by atoms with Crippen molar-refractivity contribution in [3.63, 3.8) is 0 Å². The normalized spacial score (nSPS) is 12.8. The molecule has 0 saturated heterocycles. The minimum Gasteiger partial charge on any atom is -0.483 e. The molecule has 0 heterocycles. The Balaban J connectivity index is 0.000000660. The van der Waals surface area contributed by atoms with Crippen LogP contribution in [-0.2, 0) is 63.8 Å². The molecule has 0 saturated carbocycles. The molecule has 8 aromatic carbocycles. The third kappa shape index (κ3) is 37.3. The first-order valence-corrected chi connectivity index (χ1v) is 43.7. The lowest BCUT2D eigenvalue weighted by atomic mass is 9.81. The van der Waals surface area contributed by atoms with Crippen LogP contribution in [0, 0.1) is 46.5 Å². The van der Waals surface area contributed by atoms with E-state index in [4.69, 9.17) is 59.3 Å². The topological polar surface area (TPSA) is 193 Å². The lowest BCUT2D eigenvalue weighted by molar-refractivity contribution is -0.386. The number of hydrogen-bond acceptors (Lipinski definition) is 9. The number of rotatable bonds is 11. The summed E-state index contributed by atoms with van der Waals surface area (Å²) in [6.45, 7) is 71.3. The summed E-state index contributed by atoms with van der Waals surface area (Å²) in [5.74, 6) is -0.250. The first kappa shape index (κ1) is 105. The summed E-state index contributed by atoms with van der Waals surface area (Å²) in [6.07, 6.45) is 0.371. The SMILES string of the molecule is CC(C)(C)c1c(Cl)cccc1[N+](=O)[O-].CC(C)(C)c1ccc(OCP(C)(=O)O)cc1F.CC(C)(C)c1ccc(OP(C)(=O)O)cc1F.CC(C)(C)c1ccccc1CN.CC(C)c1ccccc1C(C)(C)C.CCC(C)(C)C(=O)Oc1ccc(C(C)(C)C)c(F)c1.Cc1cccc(C(C)(C)C)c1Cl.[C-]#[N+]c1ccccc1C(C)(C)C. The number of nitro benzene ring substituents is 1. The molecular formula is C95H134Cl2F3N3O10P2. The van der Waals surface area contributed by atoms with Gasteiger partial charge in [0, 0.05) is 49.2 Å². The number of halogens is 5. The fourth-order valence-electron chi connectivity index (χ4n) is 11.3. The highest BCUT2D eigenvalue weighted by molar-refractivity contribution is 7.56. The molecule has 0 aliphatic rings. The fourth-order valence-corrected chi connectivity index (χ4v) is 13.0. The smallest absolute Gasteiger partial charge is 0.373 e. The van der Waals surface area contributed by atoms with Gasteiger partial charge >= 0.3 is 13.6 Å². The van der Waals surface area contributed by atoms with Crippen molar-refractivity contribution in [2.24, 2.45) is 11.1 Å². The third-order valence-corrected chi connectivity index (χ3v) is 19.8. The molecule has 0 fully saturated rings. The van der Waals surface area contributed by atoms with Gasteiger partial charge in [-0.1, -0.05) is 325 Å². The van der Waals surface area contributed by atoms with E-state index in [1.54, 1.807) is 42.5 Å². The van der Waals surface area contributed by atoms with E-state index in [0.717, 1.165) is 34.6 Å². The van der Waals surface area contributed by atoms with E-state index in [-0.39, 0.29) is 90.2 Å². The second-order valence-electron chi connectivity index (χ2n) is 37.8. The summed E-state index contributed by atoms with van der Waals surface area (Å²) in [5, 5.41) is 12.1. The fraction of sp³-hybridized carbons (Fsp3) is 0.474. The minimum absolute atomic E-state index is 0.0684. The van der Waals surface area contributed by atoms with Crippen molar-refractivity contribution in [2.75, 3.05) is 19.7 Å². The first-order valence-electron chi connectivity index (χ1n) is 38.6. The Morgan fingerprint density at radius 1 is 0.522 bits per heavy atom. The maximum absolute atomic E-state index is 14.0. The molecule has 8 rings (SSSR count). The van der Waals surface area contributed by atoms with E-state index in [0.29, 0.717) is 46.2 Å². The summed E-state index contributed by atoms with van der Waals surface area (Å²) in [6, 6.07) is 49.1. The Morgan fingerprint density at radius 3 is 1.25 bits per heavy atom. The van der Waals surface area contributed by atoms with Crippen LogP contribution in [0.4, 0.5) is 24.5 Å². The summed E-state index contributed by atoms with van der Waals surface area (Å²) < 4.78 is 78.5. The maximum Gasteiger partial charge on any atom is 0.373 e. The minimum atomic E-state index is -3.63. The molecule has 0 spiro atoms. The van der Waals surface area contributed by atoms with Gasteiger partial charge in [0.25, 0.3) is 5.69 Å². The van der Waals surface area contributed by atoms with Crippen LogP contribution in [0.15, 0.2) is 164 Å². The summed E-state index contributed by atoms with van der Waals surface area (Å²) in [4.78, 5) is 43.8. The predicted molar refractivity (Wildman–Crippen MR) is 478 cm³/mol. The van der Waals surface area contributed by atoms with Gasteiger partial charge in [0.05, 0.1) is 27.5 Å². The molecule has 0 aliphatic heterocycles. The van der Waals surface area contributed by atoms with Gasteiger partial charge in [-0.15, -0.1) is 0 Å². The monoisotopic (exact) mass is 1670 g/mol. The molecule has 0 radical (unpaired) electrons. The molecule has 4 N–H and O–H groups in total. The molecular weight excluding hydrogens is 1530 g/mol. The van der Waals surface area contributed by atoms with Crippen LogP contribution in [0.25, 0.3) is 4.85 Å². The molecule has 115 heavy (non-hydrogen) atoms. The number of carbonyl (C=O) groups excluding carboxylic acids is 1. The second kappa shape index (κ2) is 43.8. The van der Waals surface area contributed by atoms with Gasteiger partial charge in [0.15, 0.2) is 12.0 Å². The Labute approximate surface area is 699 Å². The van der Waals surface area contributed by atoms with Crippen LogP contribution < -0.4 is 19.7 Å². The number of benzene rings is 8. The van der Waals surface area contributed by atoms with Gasteiger partial charge < -0.3 is 29.5 Å². The zero-order valence-corrected chi connectivity index (χ0v) is 78.0. The van der Waals surface area contributed by atoms with Crippen molar-refractivity contribution < 1.29 is 55.8 Å². The average molecular weight is 1670 g/mol. The number of nitrogens with two attached hydrogens (primary N) is 1. The second-order valence-corrected chi connectivity index (χ2v) is 42.8. The molecule has 0 aromatic heterocycles. The number of nitro groups is 1. The van der Waals surface area contributed by atoms with E-state index in [9.17, 15) is 37.2 Å². The standard InChI is InChI=1S/C16H23FO2.C13H20.C12H18FO3P.C11H15Cl.C11H16FO3P.C11H13N.C11H17N.C10H12ClNO2/c1-7-16(5,6)14(18)19-11-8-9-12(13(17)10-11)15(2,3)4;1-10(2)11-8-6-7-9-12(11)13(3,4)5;1-12(2,3)10-6-5-9(7-11(10)13)16-8-17(4,14)15;1-8-6-5-7-9(10(8)12)11(2,3)4;1-11(2,3)9-6-5-8(7-10(9)12)15-16(4,13)14;1-11(2,3)9-7-5-6-8-10(9)12-4;1-11(2,3)10-7-5-4-6-9(10)8-12;1-10(2,3)9-7(11)5-4-6-8(9)12(13)14/h8-10H,7H2,1-6H3;6-10H,1-5H3;5-7H,8H2,1-4H3,(H,14,15);5-7H,1-4H3;5-7H,1-4H3,(H,13,14);5-8H,1-3H3;4-7H,8,12H2,1-3H3;4-6H,1-3H3. The average Bonchev–Trinajstić information content (AvgIpc) is 0.812. The van der Waals surface area contributed by atoms with Gasteiger partial charge in [0.2, 0.25) is 7.37 Å². The quantitative estimate of drug-likeness (QED) is 0.0279. The van der Waals surface area contributed by atoms with Crippen LogP contribution in [0.5, 0.6) is 17.2 Å². The molecule has 0 amide bonds. The van der Waals surface area contributed by atoms with E-state index >= 15 is 0 Å². The molecule has 0 bridgehead atoms. The van der Waals surface area contributed by atoms with Crippen LogP contribution >= 0.6 is 38.2 Å². The number of esters is 1. The van der Waals surface area contributed by atoms with Crippen LogP contribution in [0.1, 0.15) is 274 Å². The molecule has 13 nitrogen and oxygen atoms in total. The van der Waals surface area contributed by atoms with Crippen molar-refractivity contribution >= 4 is 55.5 Å². The summed E-state index contributed by atoms with van der Waals surface area (Å²) in [5.41, 5.74) is 16.9. The first-order chi connectivity index (χ1) is 52.1. The predicted octanol–water partition coefficient (Wildman–Crippen LogP) is 28.7. The Kier molecular flexibility index (Phi) is 40.1. The van der Waals surface area contributed by atoms with Crippen molar-refractivity contribution in [2.45, 2.75) is 270 Å². The summed E-state index contributed by atoms with van der Waals surface area (Å²) >= 11 is 12.1. The molecule has 634 valence electrons. The number of carbonyl (C=O) groups is 1.